The van der Waals surface area contributed by atoms with Crippen molar-refractivity contribution in [3.05, 3.63) is 95.2 Å². The molecule has 33 heavy (non-hydrogen) atoms. The number of anilines is 1. The fourth-order valence-corrected chi connectivity index (χ4v) is 3.81. The van der Waals surface area contributed by atoms with Crippen molar-refractivity contribution < 1.29 is 14.3 Å². The highest BCUT2D eigenvalue weighted by molar-refractivity contribution is 7.80. The van der Waals surface area contributed by atoms with E-state index >= 15 is 0 Å². The molecule has 7 heteroatoms. The maximum absolute atomic E-state index is 13.1. The molecule has 0 aliphatic carbocycles. The Bertz CT molecular complexity index is 1280. The van der Waals surface area contributed by atoms with Gasteiger partial charge in [-0.05, 0) is 54.2 Å². The zero-order valence-corrected chi connectivity index (χ0v) is 19.0. The second-order valence-corrected chi connectivity index (χ2v) is 7.68. The molecule has 6 nitrogen and oxygen atoms in total. The van der Waals surface area contributed by atoms with Crippen LogP contribution in [0, 0.1) is 11.3 Å². The van der Waals surface area contributed by atoms with Crippen LogP contribution in [0.25, 0.3) is 6.08 Å². The molecule has 1 saturated heterocycles. The monoisotopic (exact) mass is 455 g/mol. The van der Waals surface area contributed by atoms with Crippen LogP contribution in [-0.4, -0.2) is 30.1 Å². The number of carbonyl (C=O) groups is 1. The van der Waals surface area contributed by atoms with Gasteiger partial charge < -0.3 is 14.4 Å². The normalized spacial score (nSPS) is 14.5. The van der Waals surface area contributed by atoms with Crippen LogP contribution in [0.1, 0.15) is 16.7 Å². The van der Waals surface area contributed by atoms with Gasteiger partial charge in [0.1, 0.15) is 12.3 Å². The van der Waals surface area contributed by atoms with Crippen molar-refractivity contribution in [1.82, 2.24) is 4.90 Å². The van der Waals surface area contributed by atoms with Crippen LogP contribution in [0.3, 0.4) is 0 Å². The standard InChI is InChI=1S/C26H21N3O3S/c1-28-22(25(30)29(26(28)33)21-10-4-3-5-11-21)14-18-12-13-23(24(15-18)31-2)32-17-20-9-7-6-8-19(20)16-27/h3-15H,17H2,1-2H3/b22-14-. The van der Waals surface area contributed by atoms with Crippen molar-refractivity contribution in [2.45, 2.75) is 6.61 Å². The summed E-state index contributed by atoms with van der Waals surface area (Å²) in [6, 6.07) is 24.2. The van der Waals surface area contributed by atoms with E-state index in [4.69, 9.17) is 21.7 Å². The molecule has 1 aliphatic heterocycles. The molecule has 0 radical (unpaired) electrons. The number of nitrogens with zero attached hydrogens (tertiary/aromatic N) is 3. The quantitative estimate of drug-likeness (QED) is 0.395. The van der Waals surface area contributed by atoms with Crippen LogP contribution in [0.4, 0.5) is 5.69 Å². The molecule has 1 aliphatic rings. The summed E-state index contributed by atoms with van der Waals surface area (Å²) in [6.45, 7) is 0.238. The van der Waals surface area contributed by atoms with Crippen molar-refractivity contribution in [2.75, 3.05) is 19.1 Å². The van der Waals surface area contributed by atoms with E-state index in [2.05, 4.69) is 6.07 Å². The fourth-order valence-electron chi connectivity index (χ4n) is 3.52. The van der Waals surface area contributed by atoms with Gasteiger partial charge >= 0.3 is 0 Å². The zero-order chi connectivity index (χ0) is 23.4. The van der Waals surface area contributed by atoms with Gasteiger partial charge in [-0.2, -0.15) is 5.26 Å². The number of rotatable bonds is 6. The smallest absolute Gasteiger partial charge is 0.281 e. The highest BCUT2D eigenvalue weighted by Gasteiger charge is 2.36. The summed E-state index contributed by atoms with van der Waals surface area (Å²) in [5, 5.41) is 9.68. The highest BCUT2D eigenvalue weighted by Crippen LogP contribution is 2.32. The SMILES string of the molecule is COc1cc(/C=C2/C(=O)N(c3ccccc3)C(=S)N2C)ccc1OCc1ccccc1C#N. The molecule has 1 fully saturated rings. The number of para-hydroxylation sites is 1. The molecule has 1 amide bonds. The van der Waals surface area contributed by atoms with Crippen LogP contribution >= 0.6 is 12.2 Å². The second-order valence-electron chi connectivity index (χ2n) is 7.32. The Morgan fingerprint density at radius 3 is 2.48 bits per heavy atom. The first-order valence-electron chi connectivity index (χ1n) is 10.2. The van der Waals surface area contributed by atoms with E-state index in [-0.39, 0.29) is 12.5 Å². The van der Waals surface area contributed by atoms with Crippen molar-refractivity contribution in [3.63, 3.8) is 0 Å². The average molecular weight is 456 g/mol. The molecule has 3 aromatic carbocycles. The number of nitriles is 1. The lowest BCUT2D eigenvalue weighted by molar-refractivity contribution is -0.114. The van der Waals surface area contributed by atoms with Crippen molar-refractivity contribution in [3.8, 4) is 17.6 Å². The number of ether oxygens (including phenoxy) is 2. The fraction of sp³-hybridized carbons (Fsp3) is 0.115. The molecule has 1 heterocycles. The molecule has 3 aromatic rings. The van der Waals surface area contributed by atoms with Crippen LogP contribution in [0.5, 0.6) is 11.5 Å². The van der Waals surface area contributed by atoms with Crippen molar-refractivity contribution in [1.29, 1.82) is 5.26 Å². The van der Waals surface area contributed by atoms with Gasteiger partial charge in [-0.25, -0.2) is 0 Å². The Labute approximate surface area is 197 Å². The third-order valence-corrected chi connectivity index (χ3v) is 5.74. The number of benzene rings is 3. The molecule has 0 bridgehead atoms. The van der Waals surface area contributed by atoms with Crippen LogP contribution in [0.15, 0.2) is 78.5 Å². The number of likely N-dealkylation sites (N-methyl/N-ethyl adjacent to an activating group) is 1. The van der Waals surface area contributed by atoms with E-state index in [1.807, 2.05) is 54.6 Å². The Hall–Kier alpha value is -4.15. The number of methoxy groups -OCH3 is 1. The number of hydrogen-bond donors (Lipinski definition) is 0. The molecule has 0 spiro atoms. The van der Waals surface area contributed by atoms with Gasteiger partial charge in [0.25, 0.3) is 5.91 Å². The molecule has 0 atom stereocenters. The number of amides is 1. The summed E-state index contributed by atoms with van der Waals surface area (Å²) in [7, 11) is 3.33. The number of carbonyl (C=O) groups excluding carboxylic acids is 1. The first kappa shape index (κ1) is 22.1. The Kier molecular flexibility index (Phi) is 6.38. The van der Waals surface area contributed by atoms with Gasteiger partial charge in [0.05, 0.1) is 24.4 Å². The van der Waals surface area contributed by atoms with Crippen molar-refractivity contribution in [2.24, 2.45) is 0 Å². The summed E-state index contributed by atoms with van der Waals surface area (Å²) in [4.78, 5) is 16.3. The van der Waals surface area contributed by atoms with Gasteiger partial charge in [-0.15, -0.1) is 0 Å². The third kappa shape index (κ3) is 4.43. The lowest BCUT2D eigenvalue weighted by Gasteiger charge is -2.16. The highest BCUT2D eigenvalue weighted by atomic mass is 32.1. The van der Waals surface area contributed by atoms with E-state index in [1.54, 1.807) is 43.3 Å². The zero-order valence-electron chi connectivity index (χ0n) is 18.2. The Balaban J connectivity index is 1.58. The van der Waals surface area contributed by atoms with Gasteiger partial charge in [0.15, 0.2) is 16.6 Å². The van der Waals surface area contributed by atoms with Crippen LogP contribution in [-0.2, 0) is 11.4 Å². The van der Waals surface area contributed by atoms with Gasteiger partial charge in [-0.1, -0.05) is 42.5 Å². The molecule has 0 aromatic heterocycles. The van der Waals surface area contributed by atoms with Crippen LogP contribution < -0.4 is 14.4 Å². The Morgan fingerprint density at radius 2 is 1.76 bits per heavy atom. The molecule has 0 unspecified atom stereocenters. The minimum atomic E-state index is -0.193. The average Bonchev–Trinajstić information content (AvgIpc) is 3.06. The van der Waals surface area contributed by atoms with E-state index in [1.165, 1.54) is 4.90 Å². The summed E-state index contributed by atoms with van der Waals surface area (Å²) >= 11 is 5.51. The number of hydrogen-bond acceptors (Lipinski definition) is 5. The summed E-state index contributed by atoms with van der Waals surface area (Å²) in [5.41, 5.74) is 3.31. The topological polar surface area (TPSA) is 65.8 Å². The predicted octanol–water partition coefficient (Wildman–Crippen LogP) is 4.75. The molecule has 4 rings (SSSR count). The minimum absolute atomic E-state index is 0.193. The number of thiocarbonyl (C=S) groups is 1. The van der Waals surface area contributed by atoms with E-state index in [0.29, 0.717) is 27.9 Å². The van der Waals surface area contributed by atoms with E-state index in [9.17, 15) is 10.1 Å². The summed E-state index contributed by atoms with van der Waals surface area (Å²) in [6.07, 6.45) is 1.77. The molecule has 164 valence electrons. The second kappa shape index (κ2) is 9.55. The first-order chi connectivity index (χ1) is 16.0. The Morgan fingerprint density at radius 1 is 1.03 bits per heavy atom. The maximum atomic E-state index is 13.1. The lowest BCUT2D eigenvalue weighted by atomic mass is 10.1. The van der Waals surface area contributed by atoms with E-state index < -0.39 is 0 Å². The molecular formula is C26H21N3O3S. The van der Waals surface area contributed by atoms with Gasteiger partial charge in [-0.3, -0.25) is 9.69 Å². The molecule has 0 N–H and O–H groups in total. The van der Waals surface area contributed by atoms with Gasteiger partial charge in [0, 0.05) is 12.6 Å². The summed E-state index contributed by atoms with van der Waals surface area (Å²) < 4.78 is 11.4. The summed E-state index contributed by atoms with van der Waals surface area (Å²) in [5.74, 6) is 0.871. The molecule has 0 saturated carbocycles. The van der Waals surface area contributed by atoms with Crippen molar-refractivity contribution >= 4 is 35.0 Å². The molecular weight excluding hydrogens is 434 g/mol. The van der Waals surface area contributed by atoms with E-state index in [0.717, 1.165) is 16.8 Å². The van der Waals surface area contributed by atoms with Gasteiger partial charge in [0.2, 0.25) is 0 Å². The lowest BCUT2D eigenvalue weighted by Crippen LogP contribution is -2.30. The first-order valence-corrected chi connectivity index (χ1v) is 10.6. The third-order valence-electron chi connectivity index (χ3n) is 5.29. The minimum Gasteiger partial charge on any atom is -0.493 e. The van der Waals surface area contributed by atoms with Crippen LogP contribution in [0.2, 0.25) is 0 Å². The predicted molar refractivity (Wildman–Crippen MR) is 131 cm³/mol. The largest absolute Gasteiger partial charge is 0.493 e. The maximum Gasteiger partial charge on any atom is 0.281 e.